The first-order chi connectivity index (χ1) is 4.22. The van der Waals surface area contributed by atoms with Gasteiger partial charge in [-0.25, -0.2) is 0 Å². The van der Waals surface area contributed by atoms with Crippen LogP contribution in [0.25, 0.3) is 0 Å². The van der Waals surface area contributed by atoms with E-state index in [0.717, 1.165) is 12.0 Å². The molecule has 0 bridgehead atoms. The summed E-state index contributed by atoms with van der Waals surface area (Å²) in [5.74, 6) is 0.931. The van der Waals surface area contributed by atoms with Crippen molar-refractivity contribution in [3.63, 3.8) is 0 Å². The van der Waals surface area contributed by atoms with E-state index in [1.807, 2.05) is 0 Å². The predicted octanol–water partition coefficient (Wildman–Crippen LogP) is 1.74. The molecule has 0 aromatic carbocycles. The molecule has 0 unspecified atom stereocenters. The molecule has 0 spiro atoms. The molecule has 1 aliphatic rings. The summed E-state index contributed by atoms with van der Waals surface area (Å²) in [5.41, 5.74) is 0. The maximum atomic E-state index is 2.36. The Morgan fingerprint density at radius 3 is 2.11 bits per heavy atom. The zero-order valence-corrected chi connectivity index (χ0v) is 6.72. The van der Waals surface area contributed by atoms with Crippen LogP contribution < -0.4 is 0 Å². The third-order valence-corrected chi connectivity index (χ3v) is 2.48. The van der Waals surface area contributed by atoms with Crippen LogP contribution in [0.3, 0.4) is 0 Å². The van der Waals surface area contributed by atoms with Crippen molar-refractivity contribution in [2.75, 3.05) is 14.1 Å². The van der Waals surface area contributed by atoms with Crippen LogP contribution in [0, 0.1) is 5.92 Å². The Balaban J connectivity index is 2.40. The molecular formula is C8H17N. The van der Waals surface area contributed by atoms with Gasteiger partial charge in [-0.15, -0.1) is 0 Å². The topological polar surface area (TPSA) is 3.24 Å². The normalized spacial score (nSPS) is 36.0. The first-order valence-corrected chi connectivity index (χ1v) is 3.88. The van der Waals surface area contributed by atoms with Crippen molar-refractivity contribution >= 4 is 0 Å². The molecule has 1 aliphatic carbocycles. The van der Waals surface area contributed by atoms with Crippen LogP contribution in [0.4, 0.5) is 0 Å². The van der Waals surface area contributed by atoms with E-state index in [0.29, 0.717) is 0 Å². The lowest BCUT2D eigenvalue weighted by Gasteiger charge is -2.22. The Kier molecular flexibility index (Phi) is 2.12. The quantitative estimate of drug-likeness (QED) is 0.518. The molecular weight excluding hydrogens is 110 g/mol. The molecule has 0 heterocycles. The van der Waals surface area contributed by atoms with E-state index in [9.17, 15) is 0 Å². The summed E-state index contributed by atoms with van der Waals surface area (Å²) in [6.07, 6.45) is 4.28. The van der Waals surface area contributed by atoms with Crippen LogP contribution in [0.1, 0.15) is 26.2 Å². The van der Waals surface area contributed by atoms with Crippen molar-refractivity contribution in [1.29, 1.82) is 0 Å². The monoisotopic (exact) mass is 127 g/mol. The SMILES string of the molecule is C[C@H]1CCC[C@H]1N(C)C. The molecule has 0 aromatic rings. The summed E-state index contributed by atoms with van der Waals surface area (Å²) >= 11 is 0. The molecule has 0 aromatic heterocycles. The Morgan fingerprint density at radius 1 is 1.22 bits per heavy atom. The minimum Gasteiger partial charge on any atom is -0.306 e. The molecule has 2 atom stereocenters. The highest BCUT2D eigenvalue weighted by molar-refractivity contribution is 4.79. The van der Waals surface area contributed by atoms with Gasteiger partial charge in [0.2, 0.25) is 0 Å². The molecule has 0 aliphatic heterocycles. The molecule has 0 saturated heterocycles. The number of hydrogen-bond donors (Lipinski definition) is 0. The number of hydrogen-bond acceptors (Lipinski definition) is 1. The van der Waals surface area contributed by atoms with Gasteiger partial charge in [-0.05, 0) is 32.9 Å². The van der Waals surface area contributed by atoms with E-state index >= 15 is 0 Å². The molecule has 1 fully saturated rings. The highest BCUT2D eigenvalue weighted by atomic mass is 15.1. The van der Waals surface area contributed by atoms with Crippen LogP contribution in [-0.4, -0.2) is 25.0 Å². The van der Waals surface area contributed by atoms with Crippen LogP contribution in [0.15, 0.2) is 0 Å². The standard InChI is InChI=1S/C8H17N/c1-7-5-4-6-8(7)9(2)3/h7-8H,4-6H2,1-3H3/t7-,8+/m0/s1. The third-order valence-electron chi connectivity index (χ3n) is 2.48. The van der Waals surface area contributed by atoms with E-state index in [2.05, 4.69) is 25.9 Å². The van der Waals surface area contributed by atoms with Crippen LogP contribution in [0.5, 0.6) is 0 Å². The molecule has 9 heavy (non-hydrogen) atoms. The van der Waals surface area contributed by atoms with Crippen LogP contribution >= 0.6 is 0 Å². The lowest BCUT2D eigenvalue weighted by molar-refractivity contribution is 0.249. The van der Waals surface area contributed by atoms with Crippen molar-refractivity contribution in [2.24, 2.45) is 5.92 Å². The van der Waals surface area contributed by atoms with E-state index < -0.39 is 0 Å². The minimum absolute atomic E-state index is 0.866. The fourth-order valence-corrected chi connectivity index (χ4v) is 1.89. The lowest BCUT2D eigenvalue weighted by Crippen LogP contribution is -2.29. The summed E-state index contributed by atoms with van der Waals surface area (Å²) in [7, 11) is 4.37. The zero-order chi connectivity index (χ0) is 6.85. The molecule has 1 heteroatoms. The van der Waals surface area contributed by atoms with Gasteiger partial charge >= 0.3 is 0 Å². The second kappa shape index (κ2) is 2.70. The fourth-order valence-electron chi connectivity index (χ4n) is 1.89. The predicted molar refractivity (Wildman–Crippen MR) is 40.5 cm³/mol. The summed E-state index contributed by atoms with van der Waals surface area (Å²) in [6, 6.07) is 0.866. The summed E-state index contributed by atoms with van der Waals surface area (Å²) in [4.78, 5) is 2.36. The molecule has 1 saturated carbocycles. The third kappa shape index (κ3) is 1.45. The largest absolute Gasteiger partial charge is 0.306 e. The lowest BCUT2D eigenvalue weighted by atomic mass is 10.1. The summed E-state index contributed by atoms with van der Waals surface area (Å²) in [5, 5.41) is 0. The van der Waals surface area contributed by atoms with Gasteiger partial charge in [0.05, 0.1) is 0 Å². The first kappa shape index (κ1) is 7.07. The van der Waals surface area contributed by atoms with Gasteiger partial charge in [-0.2, -0.15) is 0 Å². The number of rotatable bonds is 1. The van der Waals surface area contributed by atoms with Crippen molar-refractivity contribution < 1.29 is 0 Å². The summed E-state index contributed by atoms with van der Waals surface area (Å²) in [6.45, 7) is 2.36. The highest BCUT2D eigenvalue weighted by Crippen LogP contribution is 2.27. The molecule has 54 valence electrons. The van der Waals surface area contributed by atoms with Gasteiger partial charge in [0.25, 0.3) is 0 Å². The van der Waals surface area contributed by atoms with Crippen molar-refractivity contribution in [3.8, 4) is 0 Å². The Bertz CT molecular complexity index is 88.6. The number of nitrogens with zero attached hydrogens (tertiary/aromatic N) is 1. The fraction of sp³-hybridized carbons (Fsp3) is 1.00. The van der Waals surface area contributed by atoms with Gasteiger partial charge in [0.15, 0.2) is 0 Å². The smallest absolute Gasteiger partial charge is 0.0115 e. The molecule has 1 rings (SSSR count). The van der Waals surface area contributed by atoms with E-state index in [-0.39, 0.29) is 0 Å². The molecule has 0 N–H and O–H groups in total. The minimum atomic E-state index is 0.866. The molecule has 1 nitrogen and oxygen atoms in total. The first-order valence-electron chi connectivity index (χ1n) is 3.88. The maximum absolute atomic E-state index is 2.36. The van der Waals surface area contributed by atoms with Crippen LogP contribution in [0.2, 0.25) is 0 Å². The van der Waals surface area contributed by atoms with E-state index in [1.54, 1.807) is 0 Å². The Morgan fingerprint density at radius 2 is 1.89 bits per heavy atom. The van der Waals surface area contributed by atoms with E-state index in [1.165, 1.54) is 19.3 Å². The van der Waals surface area contributed by atoms with Gasteiger partial charge in [0, 0.05) is 6.04 Å². The van der Waals surface area contributed by atoms with Gasteiger partial charge in [-0.3, -0.25) is 0 Å². The van der Waals surface area contributed by atoms with Crippen molar-refractivity contribution in [1.82, 2.24) is 4.90 Å². The Labute approximate surface area is 58.0 Å². The van der Waals surface area contributed by atoms with Crippen LogP contribution in [-0.2, 0) is 0 Å². The Hall–Kier alpha value is -0.0400. The molecule has 0 amide bonds. The van der Waals surface area contributed by atoms with Gasteiger partial charge in [0.1, 0.15) is 0 Å². The molecule has 0 radical (unpaired) electrons. The average Bonchev–Trinajstić information content (AvgIpc) is 2.13. The maximum Gasteiger partial charge on any atom is 0.0115 e. The van der Waals surface area contributed by atoms with Crippen molar-refractivity contribution in [3.05, 3.63) is 0 Å². The second-order valence-corrected chi connectivity index (χ2v) is 3.44. The van der Waals surface area contributed by atoms with E-state index in [4.69, 9.17) is 0 Å². The zero-order valence-electron chi connectivity index (χ0n) is 6.72. The summed E-state index contributed by atoms with van der Waals surface area (Å²) < 4.78 is 0. The van der Waals surface area contributed by atoms with Gasteiger partial charge in [-0.1, -0.05) is 13.3 Å². The van der Waals surface area contributed by atoms with Gasteiger partial charge < -0.3 is 4.90 Å². The van der Waals surface area contributed by atoms with Crippen molar-refractivity contribution in [2.45, 2.75) is 32.2 Å². The highest BCUT2D eigenvalue weighted by Gasteiger charge is 2.24. The average molecular weight is 127 g/mol. The second-order valence-electron chi connectivity index (χ2n) is 3.44.